The Kier molecular flexibility index (Phi) is 4.76. The number of para-hydroxylation sites is 1. The summed E-state index contributed by atoms with van der Waals surface area (Å²) in [5, 5.41) is 4.35. The van der Waals surface area contributed by atoms with E-state index in [0.29, 0.717) is 17.9 Å². The molecule has 0 aliphatic rings. The molecule has 1 amide bonds. The summed E-state index contributed by atoms with van der Waals surface area (Å²) in [7, 11) is 1.71. The lowest BCUT2D eigenvalue weighted by molar-refractivity contribution is 0.0754. The number of rotatable bonds is 5. The maximum absolute atomic E-state index is 13.1. The van der Waals surface area contributed by atoms with Gasteiger partial charge in [-0.3, -0.25) is 4.79 Å². The minimum absolute atomic E-state index is 0.234. The number of carbonyl (C=O) groups is 1. The first-order chi connectivity index (χ1) is 13.6. The summed E-state index contributed by atoms with van der Waals surface area (Å²) < 4.78 is 20.5. The average Bonchev–Trinajstić information content (AvgIpc) is 3.39. The van der Waals surface area contributed by atoms with Crippen molar-refractivity contribution >= 4 is 5.91 Å². The van der Waals surface area contributed by atoms with Crippen molar-refractivity contribution in [2.24, 2.45) is 0 Å². The van der Waals surface area contributed by atoms with E-state index < -0.39 is 0 Å². The van der Waals surface area contributed by atoms with Crippen LogP contribution >= 0.6 is 0 Å². The second kappa shape index (κ2) is 7.52. The Morgan fingerprint density at radius 1 is 1.07 bits per heavy atom. The highest BCUT2D eigenvalue weighted by molar-refractivity contribution is 5.91. The number of amides is 1. The summed E-state index contributed by atoms with van der Waals surface area (Å²) in [6.07, 6.45) is 3.63. The third-order valence-electron chi connectivity index (χ3n) is 4.37. The largest absolute Gasteiger partial charge is 0.451 e. The molecule has 0 N–H and O–H groups in total. The van der Waals surface area contributed by atoms with Crippen molar-refractivity contribution in [3.8, 4) is 17.0 Å². The van der Waals surface area contributed by atoms with Crippen LogP contribution in [0.1, 0.15) is 16.1 Å². The lowest BCUT2D eigenvalue weighted by Gasteiger charge is -2.14. The van der Waals surface area contributed by atoms with E-state index in [0.717, 1.165) is 11.3 Å². The topological polar surface area (TPSA) is 51.3 Å². The standard InChI is InChI=1S/C22H18FN3O2/c1-25(14-16-13-24-26(15-16)19-5-3-2-4-6-19)22(27)21-12-11-20(28-21)17-7-9-18(23)10-8-17/h2-13,15H,14H2,1H3. The normalized spacial score (nSPS) is 10.8. The first-order valence-corrected chi connectivity index (χ1v) is 8.80. The first kappa shape index (κ1) is 17.7. The quantitative estimate of drug-likeness (QED) is 0.514. The van der Waals surface area contributed by atoms with E-state index in [1.165, 1.54) is 12.1 Å². The number of halogens is 1. The van der Waals surface area contributed by atoms with Gasteiger partial charge in [0.15, 0.2) is 5.76 Å². The van der Waals surface area contributed by atoms with Gasteiger partial charge in [0.05, 0.1) is 11.9 Å². The van der Waals surface area contributed by atoms with E-state index in [2.05, 4.69) is 5.10 Å². The molecule has 0 saturated heterocycles. The molecular formula is C22H18FN3O2. The van der Waals surface area contributed by atoms with Crippen molar-refractivity contribution in [2.75, 3.05) is 7.05 Å². The van der Waals surface area contributed by atoms with E-state index in [1.807, 2.05) is 36.5 Å². The molecule has 0 fully saturated rings. The number of benzene rings is 2. The molecule has 2 aromatic heterocycles. The number of aromatic nitrogens is 2. The second-order valence-corrected chi connectivity index (χ2v) is 6.46. The minimum Gasteiger partial charge on any atom is -0.451 e. The van der Waals surface area contributed by atoms with E-state index in [1.54, 1.807) is 47.1 Å². The smallest absolute Gasteiger partial charge is 0.289 e. The van der Waals surface area contributed by atoms with Gasteiger partial charge in [0.1, 0.15) is 11.6 Å². The zero-order valence-corrected chi connectivity index (χ0v) is 15.2. The van der Waals surface area contributed by atoms with Crippen LogP contribution in [-0.4, -0.2) is 27.6 Å². The molecule has 0 spiro atoms. The fourth-order valence-electron chi connectivity index (χ4n) is 2.92. The zero-order valence-electron chi connectivity index (χ0n) is 15.2. The van der Waals surface area contributed by atoms with Gasteiger partial charge in [-0.2, -0.15) is 5.10 Å². The summed E-state index contributed by atoms with van der Waals surface area (Å²) in [5.74, 6) is 0.203. The Labute approximate surface area is 161 Å². The SMILES string of the molecule is CN(Cc1cnn(-c2ccccc2)c1)C(=O)c1ccc(-c2ccc(F)cc2)o1. The summed E-state index contributed by atoms with van der Waals surface area (Å²) in [5.41, 5.74) is 2.58. The van der Waals surface area contributed by atoms with Crippen LogP contribution in [0, 0.1) is 5.82 Å². The summed E-state index contributed by atoms with van der Waals surface area (Å²) in [6, 6.07) is 19.1. The number of carbonyl (C=O) groups excluding carboxylic acids is 1. The van der Waals surface area contributed by atoms with Crippen molar-refractivity contribution in [1.29, 1.82) is 0 Å². The number of hydrogen-bond acceptors (Lipinski definition) is 3. The Bertz CT molecular complexity index is 1080. The molecule has 0 saturated carbocycles. The molecule has 0 bridgehead atoms. The molecule has 2 heterocycles. The van der Waals surface area contributed by atoms with Gasteiger partial charge in [-0.1, -0.05) is 18.2 Å². The van der Waals surface area contributed by atoms with E-state index in [9.17, 15) is 9.18 Å². The van der Waals surface area contributed by atoms with Crippen LogP contribution in [0.4, 0.5) is 4.39 Å². The van der Waals surface area contributed by atoms with Crippen LogP contribution in [0.5, 0.6) is 0 Å². The van der Waals surface area contributed by atoms with Gasteiger partial charge in [-0.15, -0.1) is 0 Å². The summed E-state index contributed by atoms with van der Waals surface area (Å²) in [4.78, 5) is 14.2. The second-order valence-electron chi connectivity index (χ2n) is 6.46. The van der Waals surface area contributed by atoms with Gasteiger partial charge in [-0.05, 0) is 48.5 Å². The lowest BCUT2D eigenvalue weighted by Crippen LogP contribution is -2.25. The van der Waals surface area contributed by atoms with E-state index in [4.69, 9.17) is 4.42 Å². The number of furan rings is 1. The number of nitrogens with zero attached hydrogens (tertiary/aromatic N) is 3. The van der Waals surface area contributed by atoms with Crippen molar-refractivity contribution < 1.29 is 13.6 Å². The van der Waals surface area contributed by atoms with Gasteiger partial charge in [0.25, 0.3) is 5.91 Å². The highest BCUT2D eigenvalue weighted by atomic mass is 19.1. The zero-order chi connectivity index (χ0) is 19.5. The molecule has 140 valence electrons. The fraction of sp³-hybridized carbons (Fsp3) is 0.0909. The molecule has 0 atom stereocenters. The first-order valence-electron chi connectivity index (χ1n) is 8.80. The van der Waals surface area contributed by atoms with Crippen molar-refractivity contribution in [3.63, 3.8) is 0 Å². The van der Waals surface area contributed by atoms with E-state index >= 15 is 0 Å². The van der Waals surface area contributed by atoms with Crippen LogP contribution in [-0.2, 0) is 6.54 Å². The Morgan fingerprint density at radius 3 is 2.57 bits per heavy atom. The molecule has 0 radical (unpaired) electrons. The fourth-order valence-corrected chi connectivity index (χ4v) is 2.92. The monoisotopic (exact) mass is 375 g/mol. The van der Waals surface area contributed by atoms with Crippen LogP contribution in [0.25, 0.3) is 17.0 Å². The Morgan fingerprint density at radius 2 is 1.82 bits per heavy atom. The predicted molar refractivity (Wildman–Crippen MR) is 103 cm³/mol. The van der Waals surface area contributed by atoms with Crippen LogP contribution < -0.4 is 0 Å². The van der Waals surface area contributed by atoms with Crippen molar-refractivity contribution in [3.05, 3.63) is 96.3 Å². The van der Waals surface area contributed by atoms with Gasteiger partial charge in [0, 0.05) is 30.9 Å². The molecule has 28 heavy (non-hydrogen) atoms. The Hall–Kier alpha value is -3.67. The molecule has 0 unspecified atom stereocenters. The molecular weight excluding hydrogens is 357 g/mol. The molecule has 6 heteroatoms. The molecule has 4 aromatic rings. The van der Waals surface area contributed by atoms with Crippen LogP contribution in [0.15, 0.2) is 83.5 Å². The van der Waals surface area contributed by atoms with Gasteiger partial charge in [0.2, 0.25) is 0 Å². The maximum atomic E-state index is 13.1. The molecule has 0 aliphatic heterocycles. The maximum Gasteiger partial charge on any atom is 0.289 e. The predicted octanol–water partition coefficient (Wildman–Crippen LogP) is 4.54. The number of hydrogen-bond donors (Lipinski definition) is 0. The van der Waals surface area contributed by atoms with Crippen molar-refractivity contribution in [2.45, 2.75) is 6.54 Å². The van der Waals surface area contributed by atoms with Crippen LogP contribution in [0.3, 0.4) is 0 Å². The van der Waals surface area contributed by atoms with Gasteiger partial charge >= 0.3 is 0 Å². The Balaban J connectivity index is 1.45. The van der Waals surface area contributed by atoms with Gasteiger partial charge < -0.3 is 9.32 Å². The molecule has 5 nitrogen and oxygen atoms in total. The third-order valence-corrected chi connectivity index (χ3v) is 4.37. The molecule has 4 rings (SSSR count). The van der Waals surface area contributed by atoms with E-state index in [-0.39, 0.29) is 17.5 Å². The summed E-state index contributed by atoms with van der Waals surface area (Å²) >= 11 is 0. The van der Waals surface area contributed by atoms with Crippen molar-refractivity contribution in [1.82, 2.24) is 14.7 Å². The average molecular weight is 375 g/mol. The van der Waals surface area contributed by atoms with Gasteiger partial charge in [-0.25, -0.2) is 9.07 Å². The minimum atomic E-state index is -0.317. The molecule has 0 aliphatic carbocycles. The molecule has 2 aromatic carbocycles. The third kappa shape index (κ3) is 3.71. The van der Waals surface area contributed by atoms with Crippen LogP contribution in [0.2, 0.25) is 0 Å². The summed E-state index contributed by atoms with van der Waals surface area (Å²) in [6.45, 7) is 0.401. The lowest BCUT2D eigenvalue weighted by atomic mass is 10.2. The highest BCUT2D eigenvalue weighted by Gasteiger charge is 2.17. The highest BCUT2D eigenvalue weighted by Crippen LogP contribution is 2.23.